The van der Waals surface area contributed by atoms with E-state index in [0.29, 0.717) is 25.5 Å². The predicted octanol–water partition coefficient (Wildman–Crippen LogP) is 2.46. The van der Waals surface area contributed by atoms with E-state index in [-0.39, 0.29) is 6.42 Å². The van der Waals surface area contributed by atoms with Gasteiger partial charge in [-0.3, -0.25) is 13.9 Å². The van der Waals surface area contributed by atoms with Gasteiger partial charge >= 0.3 is 13.6 Å². The molecule has 0 bridgehead atoms. The number of carbonyl (C=O) groups is 2. The number of amides is 1. The topological polar surface area (TPSA) is 139 Å². The second kappa shape index (κ2) is 10.6. The molecule has 1 aromatic rings. The zero-order valence-electron chi connectivity index (χ0n) is 15.6. The van der Waals surface area contributed by atoms with E-state index in [4.69, 9.17) is 10.3 Å². The maximum Gasteiger partial charge on any atom is 0.351 e. The van der Waals surface area contributed by atoms with Crippen LogP contribution in [0.2, 0.25) is 0 Å². The van der Waals surface area contributed by atoms with E-state index in [1.54, 1.807) is 0 Å². The summed E-state index contributed by atoms with van der Waals surface area (Å²) in [5.74, 6) is -6.65. The Morgan fingerprint density at radius 3 is 2.43 bits per heavy atom. The molecule has 8 nitrogen and oxygen atoms in total. The van der Waals surface area contributed by atoms with Crippen molar-refractivity contribution >= 4 is 19.5 Å². The number of hydrogen-bond acceptors (Lipinski definition) is 5. The molecule has 5 N–H and O–H groups in total. The molecule has 0 radical (unpaired) electrons. The Morgan fingerprint density at radius 2 is 1.93 bits per heavy atom. The van der Waals surface area contributed by atoms with Crippen molar-refractivity contribution in [2.24, 2.45) is 11.7 Å². The first-order chi connectivity index (χ1) is 13.0. The summed E-state index contributed by atoms with van der Waals surface area (Å²) in [5, 5.41) is 11.4. The molecule has 1 rings (SSSR count). The van der Waals surface area contributed by atoms with E-state index in [0.717, 1.165) is 12.1 Å². The largest absolute Gasteiger partial charge is 0.479 e. The van der Waals surface area contributed by atoms with Crippen LogP contribution < -0.4 is 11.1 Å². The highest BCUT2D eigenvalue weighted by Crippen LogP contribution is 2.50. The number of carboxylic acids is 1. The molecule has 0 aliphatic rings. The number of benzene rings is 1. The fourth-order valence-electron chi connectivity index (χ4n) is 2.45. The van der Waals surface area contributed by atoms with E-state index in [1.165, 1.54) is 13.8 Å². The molecular weight excluding hydrogens is 397 g/mol. The minimum absolute atomic E-state index is 0.0393. The van der Waals surface area contributed by atoms with Gasteiger partial charge in [0.15, 0.2) is 6.10 Å². The van der Waals surface area contributed by atoms with Crippen molar-refractivity contribution in [3.63, 3.8) is 0 Å². The Balaban J connectivity index is 2.99. The molecule has 0 aliphatic carbocycles. The van der Waals surface area contributed by atoms with Crippen LogP contribution in [0, 0.1) is 17.6 Å². The number of halogens is 2. The summed E-state index contributed by atoms with van der Waals surface area (Å²) in [4.78, 5) is 33.9. The van der Waals surface area contributed by atoms with Crippen LogP contribution in [0.5, 0.6) is 0 Å². The fourth-order valence-corrected chi connectivity index (χ4v) is 4.18. The van der Waals surface area contributed by atoms with Gasteiger partial charge in [-0.15, -0.1) is 0 Å². The van der Waals surface area contributed by atoms with E-state index >= 15 is 0 Å². The smallest absolute Gasteiger partial charge is 0.351 e. The second-order valence-electron chi connectivity index (χ2n) is 6.57. The lowest BCUT2D eigenvalue weighted by Crippen LogP contribution is -2.40. The molecule has 3 atom stereocenters. The SMILES string of the molecule is CC(C)C(NC(=O)c1ccc(F)cc1F)P(=O)(O)O[C@@H](CCCCN)C(=O)O. The number of carbonyl (C=O) groups excluding carboxylic acids is 1. The fraction of sp³-hybridized carbons (Fsp3) is 0.529. The lowest BCUT2D eigenvalue weighted by Gasteiger charge is -2.28. The maximum absolute atomic E-state index is 13.8. The summed E-state index contributed by atoms with van der Waals surface area (Å²) >= 11 is 0. The molecule has 11 heteroatoms. The van der Waals surface area contributed by atoms with Gasteiger partial charge in [-0.05, 0) is 43.9 Å². The van der Waals surface area contributed by atoms with Crippen molar-refractivity contribution < 1.29 is 37.5 Å². The van der Waals surface area contributed by atoms with Crippen molar-refractivity contribution in [2.45, 2.75) is 45.0 Å². The molecule has 0 saturated heterocycles. The minimum atomic E-state index is -4.66. The van der Waals surface area contributed by atoms with Gasteiger partial charge in [0.25, 0.3) is 5.91 Å². The third-order valence-corrected chi connectivity index (χ3v) is 5.90. The lowest BCUT2D eigenvalue weighted by atomic mass is 10.1. The number of hydrogen-bond donors (Lipinski definition) is 4. The lowest BCUT2D eigenvalue weighted by molar-refractivity contribution is -0.145. The Labute approximate surface area is 161 Å². The van der Waals surface area contributed by atoms with Crippen molar-refractivity contribution in [3.8, 4) is 0 Å². The summed E-state index contributed by atoms with van der Waals surface area (Å²) < 4.78 is 44.4. The number of carboxylic acid groups (broad SMARTS) is 1. The summed E-state index contributed by atoms with van der Waals surface area (Å²) in [5.41, 5.74) is 4.82. The average molecular weight is 422 g/mol. The first kappa shape index (κ1) is 24.2. The van der Waals surface area contributed by atoms with E-state index in [9.17, 15) is 32.9 Å². The van der Waals surface area contributed by atoms with Gasteiger partial charge in [-0.25, -0.2) is 13.6 Å². The summed E-state index contributed by atoms with van der Waals surface area (Å²) in [6.07, 6.45) is -0.727. The molecule has 158 valence electrons. The Kier molecular flexibility index (Phi) is 9.16. The second-order valence-corrected chi connectivity index (χ2v) is 8.46. The van der Waals surface area contributed by atoms with Crippen LogP contribution >= 0.6 is 7.60 Å². The number of unbranched alkanes of at least 4 members (excludes halogenated alkanes) is 1. The van der Waals surface area contributed by atoms with Crippen LogP contribution in [0.25, 0.3) is 0 Å². The predicted molar refractivity (Wildman–Crippen MR) is 97.7 cm³/mol. The molecule has 0 heterocycles. The molecule has 1 amide bonds. The quantitative estimate of drug-likeness (QED) is 0.317. The summed E-state index contributed by atoms with van der Waals surface area (Å²) in [7, 11) is -4.66. The van der Waals surface area contributed by atoms with Gasteiger partial charge < -0.3 is 21.1 Å². The molecule has 0 spiro atoms. The summed E-state index contributed by atoms with van der Waals surface area (Å²) in [6.45, 7) is 3.34. The van der Waals surface area contributed by atoms with Crippen LogP contribution in [0.3, 0.4) is 0 Å². The molecule has 1 aromatic carbocycles. The van der Waals surface area contributed by atoms with E-state index in [1.807, 2.05) is 0 Å². The third kappa shape index (κ3) is 6.94. The third-order valence-electron chi connectivity index (χ3n) is 3.91. The normalized spacial score (nSPS) is 15.7. The number of nitrogens with two attached hydrogens (primary N) is 1. The number of aliphatic carboxylic acids is 1. The van der Waals surface area contributed by atoms with Crippen molar-refractivity contribution in [2.75, 3.05) is 6.54 Å². The van der Waals surface area contributed by atoms with E-state index in [2.05, 4.69) is 5.32 Å². The van der Waals surface area contributed by atoms with Crippen LogP contribution in [-0.4, -0.2) is 40.3 Å². The standard InChI is InChI=1S/C17H25F2N2O6P/c1-10(2)16(21-15(22)12-7-6-11(18)9-13(12)19)28(25,26)27-14(17(23)24)5-3-4-8-20/h6-7,9-10,14,16H,3-5,8,20H2,1-2H3,(H,21,22)(H,23,24)(H,25,26)/t14-,16?/m0/s1. The minimum Gasteiger partial charge on any atom is -0.479 e. The van der Waals surface area contributed by atoms with Crippen LogP contribution in [0.4, 0.5) is 8.78 Å². The van der Waals surface area contributed by atoms with Crippen LogP contribution in [-0.2, 0) is 13.9 Å². The zero-order valence-corrected chi connectivity index (χ0v) is 16.5. The molecular formula is C17H25F2N2O6P. The maximum atomic E-state index is 13.8. The van der Waals surface area contributed by atoms with Gasteiger partial charge in [-0.2, -0.15) is 0 Å². The number of rotatable bonds is 11. The molecule has 0 aromatic heterocycles. The molecule has 28 heavy (non-hydrogen) atoms. The van der Waals surface area contributed by atoms with Gasteiger partial charge in [0.05, 0.1) is 5.56 Å². The van der Waals surface area contributed by atoms with Gasteiger partial charge in [0, 0.05) is 6.07 Å². The number of nitrogens with one attached hydrogen (secondary N) is 1. The Hall–Kier alpha value is -1.87. The Bertz CT molecular complexity index is 746. The van der Waals surface area contributed by atoms with Crippen molar-refractivity contribution in [1.82, 2.24) is 5.32 Å². The monoisotopic (exact) mass is 422 g/mol. The van der Waals surface area contributed by atoms with Gasteiger partial charge in [0.2, 0.25) is 0 Å². The highest BCUT2D eigenvalue weighted by Gasteiger charge is 2.40. The molecule has 0 fully saturated rings. The molecule has 0 aliphatic heterocycles. The highest BCUT2D eigenvalue weighted by atomic mass is 31.2. The van der Waals surface area contributed by atoms with Gasteiger partial charge in [-0.1, -0.05) is 13.8 Å². The van der Waals surface area contributed by atoms with Crippen molar-refractivity contribution in [1.29, 1.82) is 0 Å². The van der Waals surface area contributed by atoms with E-state index < -0.39 is 54.5 Å². The van der Waals surface area contributed by atoms with Crippen LogP contribution in [0.1, 0.15) is 43.5 Å². The van der Waals surface area contributed by atoms with Crippen LogP contribution in [0.15, 0.2) is 18.2 Å². The highest BCUT2D eigenvalue weighted by molar-refractivity contribution is 7.53. The first-order valence-electron chi connectivity index (χ1n) is 8.69. The molecule has 0 saturated carbocycles. The Morgan fingerprint density at radius 1 is 1.29 bits per heavy atom. The molecule has 2 unspecified atom stereocenters. The summed E-state index contributed by atoms with van der Waals surface area (Å²) in [6, 6.07) is 2.27. The zero-order chi connectivity index (χ0) is 21.5. The van der Waals surface area contributed by atoms with Crippen molar-refractivity contribution in [3.05, 3.63) is 35.4 Å². The first-order valence-corrected chi connectivity index (χ1v) is 10.3. The van der Waals surface area contributed by atoms with Gasteiger partial charge in [0.1, 0.15) is 17.4 Å². The average Bonchev–Trinajstić information content (AvgIpc) is 2.58.